The van der Waals surface area contributed by atoms with Gasteiger partial charge in [-0.2, -0.15) is 0 Å². The minimum atomic E-state index is -0.482. The van der Waals surface area contributed by atoms with E-state index in [0.717, 1.165) is 4.47 Å². The molecule has 0 fully saturated rings. The maximum atomic E-state index is 13.1. The van der Waals surface area contributed by atoms with Crippen molar-refractivity contribution < 1.29 is 14.4 Å². The van der Waals surface area contributed by atoms with Crippen molar-refractivity contribution in [2.24, 2.45) is 0 Å². The van der Waals surface area contributed by atoms with Gasteiger partial charge in [-0.3, -0.25) is 14.4 Å². The number of hydrogen-bond donors (Lipinski definition) is 2. The van der Waals surface area contributed by atoms with Crippen LogP contribution >= 0.6 is 27.5 Å². The molecule has 7 heteroatoms. The molecule has 28 heavy (non-hydrogen) atoms. The van der Waals surface area contributed by atoms with Crippen LogP contribution in [-0.2, 0) is 0 Å². The van der Waals surface area contributed by atoms with Crippen molar-refractivity contribution in [3.05, 3.63) is 91.9 Å². The van der Waals surface area contributed by atoms with Gasteiger partial charge >= 0.3 is 0 Å². The van der Waals surface area contributed by atoms with E-state index in [9.17, 15) is 14.4 Å². The maximum absolute atomic E-state index is 13.1. The van der Waals surface area contributed by atoms with Gasteiger partial charge in [-0.05, 0) is 30.3 Å². The second-order valence-corrected chi connectivity index (χ2v) is 7.56. The Labute approximate surface area is 173 Å². The Hall–Kier alpha value is -2.96. The van der Waals surface area contributed by atoms with Crippen LogP contribution in [0.25, 0.3) is 0 Å². The highest BCUT2D eigenvalue weighted by Crippen LogP contribution is 2.34. The fraction of sp³-hybridized carbons (Fsp3) is 0. The molecule has 138 valence electrons. The lowest BCUT2D eigenvalue weighted by Gasteiger charge is -2.21. The smallest absolute Gasteiger partial charge is 0.257 e. The van der Waals surface area contributed by atoms with Gasteiger partial charge in [0.2, 0.25) is 0 Å². The number of carbonyl (C=O) groups is 3. The van der Waals surface area contributed by atoms with Crippen LogP contribution in [0.2, 0.25) is 5.02 Å². The van der Waals surface area contributed by atoms with E-state index in [1.165, 1.54) is 0 Å². The Balaban J connectivity index is 1.79. The molecule has 0 aliphatic heterocycles. The first kappa shape index (κ1) is 18.4. The van der Waals surface area contributed by atoms with Crippen LogP contribution in [-0.4, -0.2) is 17.5 Å². The number of halogens is 2. The highest BCUT2D eigenvalue weighted by atomic mass is 79.9. The fourth-order valence-corrected chi connectivity index (χ4v) is 3.99. The predicted molar refractivity (Wildman–Crippen MR) is 111 cm³/mol. The number of amides is 1. The van der Waals surface area contributed by atoms with Crippen LogP contribution in [0.5, 0.6) is 0 Å². The Morgan fingerprint density at radius 2 is 1.57 bits per heavy atom. The third kappa shape index (κ3) is 2.91. The Morgan fingerprint density at radius 3 is 2.29 bits per heavy atom. The van der Waals surface area contributed by atoms with Crippen LogP contribution < -0.4 is 11.1 Å². The molecule has 0 heterocycles. The van der Waals surface area contributed by atoms with E-state index in [0.29, 0.717) is 0 Å². The lowest BCUT2D eigenvalue weighted by atomic mass is 9.82. The number of rotatable bonds is 2. The van der Waals surface area contributed by atoms with E-state index < -0.39 is 5.91 Å². The zero-order valence-electron chi connectivity index (χ0n) is 14.3. The van der Waals surface area contributed by atoms with Crippen LogP contribution in [0.1, 0.15) is 42.2 Å². The van der Waals surface area contributed by atoms with Crippen LogP contribution in [0, 0.1) is 0 Å². The summed E-state index contributed by atoms with van der Waals surface area (Å²) in [7, 11) is 0. The number of carbonyl (C=O) groups excluding carboxylic acids is 3. The van der Waals surface area contributed by atoms with Gasteiger partial charge in [0.25, 0.3) is 5.91 Å². The monoisotopic (exact) mass is 454 g/mol. The molecule has 5 nitrogen and oxygen atoms in total. The van der Waals surface area contributed by atoms with Crippen molar-refractivity contribution in [3.63, 3.8) is 0 Å². The summed E-state index contributed by atoms with van der Waals surface area (Å²) in [6, 6.07) is 14.3. The van der Waals surface area contributed by atoms with Gasteiger partial charge < -0.3 is 11.1 Å². The highest BCUT2D eigenvalue weighted by molar-refractivity contribution is 9.10. The minimum Gasteiger partial charge on any atom is -0.398 e. The summed E-state index contributed by atoms with van der Waals surface area (Å²) in [4.78, 5) is 38.7. The van der Waals surface area contributed by atoms with Crippen molar-refractivity contribution in [3.8, 4) is 0 Å². The molecule has 0 unspecified atom stereocenters. The number of anilines is 2. The SMILES string of the molecule is Nc1cccc2c1C(=O)c1cccc(NC(=O)c3ccc(Br)cc3Cl)c1C2=O. The number of ketones is 2. The van der Waals surface area contributed by atoms with E-state index in [2.05, 4.69) is 21.2 Å². The molecule has 0 bridgehead atoms. The van der Waals surface area contributed by atoms with Gasteiger partial charge in [0.1, 0.15) is 0 Å². The average molecular weight is 456 g/mol. The largest absolute Gasteiger partial charge is 0.398 e. The van der Waals surface area contributed by atoms with Gasteiger partial charge in [-0.15, -0.1) is 0 Å². The summed E-state index contributed by atoms with van der Waals surface area (Å²) in [5.74, 6) is -1.19. The molecule has 0 saturated heterocycles. The maximum Gasteiger partial charge on any atom is 0.257 e. The Morgan fingerprint density at radius 1 is 0.929 bits per heavy atom. The van der Waals surface area contributed by atoms with Crippen molar-refractivity contribution in [1.82, 2.24) is 0 Å². The molecular weight excluding hydrogens is 444 g/mol. The molecule has 0 atom stereocenters. The van der Waals surface area contributed by atoms with Crippen molar-refractivity contribution in [2.75, 3.05) is 11.1 Å². The molecule has 1 amide bonds. The highest BCUT2D eigenvalue weighted by Gasteiger charge is 2.33. The van der Waals surface area contributed by atoms with Crippen LogP contribution in [0.3, 0.4) is 0 Å². The molecule has 0 spiro atoms. The lowest BCUT2D eigenvalue weighted by Crippen LogP contribution is -2.25. The fourth-order valence-electron chi connectivity index (χ4n) is 3.24. The number of fused-ring (bicyclic) bond motifs is 2. The summed E-state index contributed by atoms with van der Waals surface area (Å²) in [5.41, 5.74) is 7.42. The van der Waals surface area contributed by atoms with E-state index in [-0.39, 0.29) is 55.8 Å². The topological polar surface area (TPSA) is 89.3 Å². The summed E-state index contributed by atoms with van der Waals surface area (Å²) in [5, 5.41) is 2.96. The second-order valence-electron chi connectivity index (χ2n) is 6.23. The van der Waals surface area contributed by atoms with Crippen molar-refractivity contribution >= 4 is 56.4 Å². The van der Waals surface area contributed by atoms with Gasteiger partial charge in [0, 0.05) is 21.3 Å². The quantitative estimate of drug-likeness (QED) is 0.428. The average Bonchev–Trinajstić information content (AvgIpc) is 2.65. The van der Waals surface area contributed by atoms with Gasteiger partial charge in [0.05, 0.1) is 27.4 Å². The van der Waals surface area contributed by atoms with Crippen LogP contribution in [0.4, 0.5) is 11.4 Å². The van der Waals surface area contributed by atoms with Gasteiger partial charge in [-0.1, -0.05) is 51.8 Å². The van der Waals surface area contributed by atoms with Crippen LogP contribution in [0.15, 0.2) is 59.1 Å². The molecule has 0 radical (unpaired) electrons. The van der Waals surface area contributed by atoms with Crippen molar-refractivity contribution in [1.29, 1.82) is 0 Å². The van der Waals surface area contributed by atoms with Gasteiger partial charge in [-0.25, -0.2) is 0 Å². The minimum absolute atomic E-state index is 0.146. The Bertz CT molecular complexity index is 1190. The second kappa shape index (κ2) is 6.89. The first-order valence-corrected chi connectivity index (χ1v) is 9.43. The lowest BCUT2D eigenvalue weighted by molar-refractivity contribution is 0.0979. The first-order valence-electron chi connectivity index (χ1n) is 8.26. The predicted octanol–water partition coefficient (Wildman–Crippen LogP) is 4.71. The summed E-state index contributed by atoms with van der Waals surface area (Å²) in [6.45, 7) is 0. The standard InChI is InChI=1S/C21H12BrClN2O3/c22-10-7-8-11(14(23)9-10)21(28)25-16-6-2-4-13-18(16)20(27)12-3-1-5-15(24)17(12)19(13)26/h1-9H,24H2,(H,25,28). The Kier molecular flexibility index (Phi) is 4.53. The molecule has 3 aromatic carbocycles. The van der Waals surface area contributed by atoms with E-state index in [1.54, 1.807) is 54.6 Å². The number of nitrogens with two attached hydrogens (primary N) is 1. The normalized spacial score (nSPS) is 12.4. The summed E-state index contributed by atoms with van der Waals surface area (Å²) >= 11 is 9.43. The molecule has 1 aliphatic rings. The zero-order chi connectivity index (χ0) is 20.0. The molecular formula is C21H12BrClN2O3. The number of hydrogen-bond acceptors (Lipinski definition) is 4. The number of benzene rings is 3. The van der Waals surface area contributed by atoms with E-state index in [1.807, 2.05) is 0 Å². The van der Waals surface area contributed by atoms with Crippen molar-refractivity contribution in [2.45, 2.75) is 0 Å². The number of nitrogen functional groups attached to an aromatic ring is 1. The molecule has 0 aromatic heterocycles. The third-order valence-corrected chi connectivity index (χ3v) is 5.33. The molecule has 0 saturated carbocycles. The zero-order valence-corrected chi connectivity index (χ0v) is 16.6. The molecule has 4 rings (SSSR count). The molecule has 3 N–H and O–H groups in total. The molecule has 1 aliphatic carbocycles. The number of nitrogens with one attached hydrogen (secondary N) is 1. The summed E-state index contributed by atoms with van der Waals surface area (Å²) < 4.78 is 0.737. The van der Waals surface area contributed by atoms with Gasteiger partial charge in [0.15, 0.2) is 11.6 Å². The summed E-state index contributed by atoms with van der Waals surface area (Å²) in [6.07, 6.45) is 0. The first-order chi connectivity index (χ1) is 13.4. The van der Waals surface area contributed by atoms with E-state index >= 15 is 0 Å². The van der Waals surface area contributed by atoms with E-state index in [4.69, 9.17) is 17.3 Å². The molecule has 3 aromatic rings. The third-order valence-electron chi connectivity index (χ3n) is 4.53.